The molecule has 0 atom stereocenters. The normalized spacial score (nSPS) is 11.5. The van der Waals surface area contributed by atoms with Crippen LogP contribution < -0.4 is 9.88 Å². The number of carbonyl (C=O) groups excluding carboxylic acids is 1. The third-order valence-electron chi connectivity index (χ3n) is 4.98. The molecule has 0 fully saturated rings. The Balaban J connectivity index is 2.13. The van der Waals surface area contributed by atoms with Crippen molar-refractivity contribution in [2.45, 2.75) is 32.1 Å². The fourth-order valence-electron chi connectivity index (χ4n) is 3.20. The molecule has 0 unspecified atom stereocenters. The van der Waals surface area contributed by atoms with Gasteiger partial charge in [0.05, 0.1) is 16.9 Å². The molecule has 1 aromatic heterocycles. The van der Waals surface area contributed by atoms with Crippen molar-refractivity contribution in [2.75, 3.05) is 7.11 Å². The van der Waals surface area contributed by atoms with Gasteiger partial charge in [0.25, 0.3) is 0 Å². The van der Waals surface area contributed by atoms with Crippen molar-refractivity contribution < 1.29 is 17.9 Å². The summed E-state index contributed by atoms with van der Waals surface area (Å²) < 4.78 is 28.6. The number of sulfonamides is 1. The number of thiophene rings is 1. The monoisotopic (exact) mass is 429 g/mol. The van der Waals surface area contributed by atoms with Gasteiger partial charge in [-0.05, 0) is 66.4 Å². The second kappa shape index (κ2) is 8.10. The first-order chi connectivity index (χ1) is 13.7. The van der Waals surface area contributed by atoms with E-state index in [0.29, 0.717) is 12.2 Å². The Morgan fingerprint density at radius 1 is 1.03 bits per heavy atom. The molecule has 152 valence electrons. The molecule has 2 N–H and O–H groups in total. The van der Waals surface area contributed by atoms with Gasteiger partial charge in [-0.15, -0.1) is 11.3 Å². The van der Waals surface area contributed by atoms with Gasteiger partial charge in [0.15, 0.2) is 5.78 Å². The standard InChI is InChI=1S/C22H23NO4S2/c1-5-19(24)22-14(3)13(2)21(28-22)16-8-11-20(27-4)18(12-16)15-6-9-17(10-7-15)29(23,25)26/h6-12H,5H2,1-4H3,(H2,23,25,26). The van der Waals surface area contributed by atoms with Crippen LogP contribution in [-0.2, 0) is 10.0 Å². The number of Topliss-reactive ketones (excluding diaryl/α,β-unsaturated/α-hetero) is 1. The molecule has 29 heavy (non-hydrogen) atoms. The van der Waals surface area contributed by atoms with E-state index in [9.17, 15) is 13.2 Å². The lowest BCUT2D eigenvalue weighted by Gasteiger charge is -2.12. The highest BCUT2D eigenvalue weighted by Crippen LogP contribution is 2.40. The van der Waals surface area contributed by atoms with E-state index in [1.807, 2.05) is 39.0 Å². The first-order valence-electron chi connectivity index (χ1n) is 9.12. The Morgan fingerprint density at radius 3 is 2.21 bits per heavy atom. The summed E-state index contributed by atoms with van der Waals surface area (Å²) in [6, 6.07) is 12.2. The van der Waals surface area contributed by atoms with Crippen molar-refractivity contribution >= 4 is 27.1 Å². The van der Waals surface area contributed by atoms with E-state index >= 15 is 0 Å². The number of ketones is 1. The molecule has 0 aliphatic rings. The minimum absolute atomic E-state index is 0.0591. The van der Waals surface area contributed by atoms with Crippen molar-refractivity contribution in [3.63, 3.8) is 0 Å². The number of nitrogens with two attached hydrogens (primary N) is 1. The SMILES string of the molecule is CCC(=O)c1sc(-c2ccc(OC)c(-c3ccc(S(N)(=O)=O)cc3)c2)c(C)c1C. The van der Waals surface area contributed by atoms with Gasteiger partial charge in [-0.3, -0.25) is 4.79 Å². The molecule has 0 amide bonds. The van der Waals surface area contributed by atoms with Crippen molar-refractivity contribution in [1.29, 1.82) is 0 Å². The fraction of sp³-hybridized carbons (Fsp3) is 0.227. The van der Waals surface area contributed by atoms with Gasteiger partial charge in [0.1, 0.15) is 5.75 Å². The zero-order valence-electron chi connectivity index (χ0n) is 16.8. The second-order valence-corrected chi connectivity index (χ2v) is 9.35. The van der Waals surface area contributed by atoms with Crippen LogP contribution in [0.2, 0.25) is 0 Å². The average molecular weight is 430 g/mol. The molecule has 5 nitrogen and oxygen atoms in total. The highest BCUT2D eigenvalue weighted by Gasteiger charge is 2.19. The van der Waals surface area contributed by atoms with E-state index in [-0.39, 0.29) is 10.7 Å². The van der Waals surface area contributed by atoms with E-state index < -0.39 is 10.0 Å². The maximum atomic E-state index is 12.3. The van der Waals surface area contributed by atoms with Crippen LogP contribution in [-0.4, -0.2) is 21.3 Å². The predicted molar refractivity (Wildman–Crippen MR) is 117 cm³/mol. The lowest BCUT2D eigenvalue weighted by atomic mass is 9.99. The molecule has 1 heterocycles. The molecule has 0 spiro atoms. The maximum Gasteiger partial charge on any atom is 0.238 e. The molecule has 3 aromatic rings. The zero-order valence-corrected chi connectivity index (χ0v) is 18.4. The molecule has 0 aliphatic heterocycles. The van der Waals surface area contributed by atoms with Crippen molar-refractivity contribution in [1.82, 2.24) is 0 Å². The lowest BCUT2D eigenvalue weighted by molar-refractivity contribution is 0.0991. The van der Waals surface area contributed by atoms with E-state index in [1.165, 1.54) is 23.5 Å². The third-order valence-corrected chi connectivity index (χ3v) is 7.39. The third kappa shape index (κ3) is 4.12. The predicted octanol–water partition coefficient (Wildman–Crippen LogP) is 4.95. The Kier molecular flexibility index (Phi) is 5.93. The van der Waals surface area contributed by atoms with Crippen LogP contribution in [0.4, 0.5) is 0 Å². The summed E-state index contributed by atoms with van der Waals surface area (Å²) in [4.78, 5) is 14.2. The molecule has 0 bridgehead atoms. The summed E-state index contributed by atoms with van der Waals surface area (Å²) in [6.45, 7) is 5.88. The van der Waals surface area contributed by atoms with Crippen molar-refractivity contribution in [3.05, 3.63) is 58.5 Å². The van der Waals surface area contributed by atoms with Crippen molar-refractivity contribution in [2.24, 2.45) is 5.14 Å². The number of ether oxygens (including phenoxy) is 1. The van der Waals surface area contributed by atoms with Crippen LogP contribution in [0.15, 0.2) is 47.4 Å². The molecule has 0 saturated heterocycles. The second-order valence-electron chi connectivity index (χ2n) is 6.77. The van der Waals surface area contributed by atoms with Gasteiger partial charge in [-0.2, -0.15) is 0 Å². The molecule has 7 heteroatoms. The van der Waals surface area contributed by atoms with Gasteiger partial charge in [0.2, 0.25) is 10.0 Å². The minimum atomic E-state index is -3.75. The molecule has 0 saturated carbocycles. The molecule has 0 aliphatic carbocycles. The Morgan fingerprint density at radius 2 is 1.66 bits per heavy atom. The number of carbonyl (C=O) groups is 1. The summed E-state index contributed by atoms with van der Waals surface area (Å²) in [5.41, 5.74) is 4.74. The minimum Gasteiger partial charge on any atom is -0.496 e. The lowest BCUT2D eigenvalue weighted by Crippen LogP contribution is -2.11. The average Bonchev–Trinajstić information content (AvgIpc) is 3.01. The molecule has 3 rings (SSSR count). The fourth-order valence-corrected chi connectivity index (χ4v) is 5.03. The molecule has 2 aromatic carbocycles. The van der Waals surface area contributed by atoms with Gasteiger partial charge >= 0.3 is 0 Å². The molecular weight excluding hydrogens is 406 g/mol. The van der Waals surface area contributed by atoms with E-state index in [2.05, 4.69) is 0 Å². The van der Waals surface area contributed by atoms with Gasteiger partial charge < -0.3 is 4.74 Å². The van der Waals surface area contributed by atoms with Crippen LogP contribution in [0.1, 0.15) is 34.1 Å². The van der Waals surface area contributed by atoms with Crippen molar-refractivity contribution in [3.8, 4) is 27.3 Å². The number of rotatable bonds is 6. The highest BCUT2D eigenvalue weighted by molar-refractivity contribution is 7.89. The number of methoxy groups -OCH3 is 1. The van der Waals surface area contributed by atoms with Gasteiger partial charge in [0, 0.05) is 16.9 Å². The Labute approximate surface area is 175 Å². The summed E-state index contributed by atoms with van der Waals surface area (Å²) >= 11 is 1.51. The van der Waals surface area contributed by atoms with Crippen LogP contribution >= 0.6 is 11.3 Å². The molecule has 0 radical (unpaired) electrons. The van der Waals surface area contributed by atoms with E-state index in [0.717, 1.165) is 37.6 Å². The van der Waals surface area contributed by atoms with E-state index in [1.54, 1.807) is 19.2 Å². The number of primary sulfonamides is 1. The van der Waals surface area contributed by atoms with Gasteiger partial charge in [-0.25, -0.2) is 13.6 Å². The van der Waals surface area contributed by atoms with Crippen LogP contribution in [0.5, 0.6) is 5.75 Å². The maximum absolute atomic E-state index is 12.3. The summed E-state index contributed by atoms with van der Waals surface area (Å²) in [5.74, 6) is 0.821. The highest BCUT2D eigenvalue weighted by atomic mass is 32.2. The quantitative estimate of drug-likeness (QED) is 0.562. The van der Waals surface area contributed by atoms with E-state index in [4.69, 9.17) is 9.88 Å². The number of hydrogen-bond donors (Lipinski definition) is 1. The van der Waals surface area contributed by atoms with Crippen LogP contribution in [0, 0.1) is 13.8 Å². The number of hydrogen-bond acceptors (Lipinski definition) is 5. The summed E-state index contributed by atoms with van der Waals surface area (Å²) in [7, 11) is -2.16. The zero-order chi connectivity index (χ0) is 21.3. The summed E-state index contributed by atoms with van der Waals surface area (Å²) in [5, 5.41) is 5.19. The largest absolute Gasteiger partial charge is 0.496 e. The van der Waals surface area contributed by atoms with Gasteiger partial charge in [-0.1, -0.05) is 19.1 Å². The molecular formula is C22H23NO4S2. The van der Waals surface area contributed by atoms with Crippen LogP contribution in [0.25, 0.3) is 21.6 Å². The Bertz CT molecular complexity index is 1180. The summed E-state index contributed by atoms with van der Waals surface area (Å²) in [6.07, 6.45) is 0.477. The first kappa shape index (κ1) is 21.2. The smallest absolute Gasteiger partial charge is 0.238 e. The topological polar surface area (TPSA) is 86.5 Å². The number of benzene rings is 2. The first-order valence-corrected chi connectivity index (χ1v) is 11.5. The Hall–Kier alpha value is -2.48. The van der Waals surface area contributed by atoms with Crippen LogP contribution in [0.3, 0.4) is 0 Å².